The number of aromatic nitrogens is 6. The fraction of sp³-hybridized carbons (Fsp3) is 0.200. The van der Waals surface area contributed by atoms with Crippen LogP contribution in [0.5, 0.6) is 0 Å². The second-order valence-electron chi connectivity index (χ2n) is 6.49. The van der Waals surface area contributed by atoms with E-state index in [2.05, 4.69) is 62.5 Å². The lowest BCUT2D eigenvalue weighted by atomic mass is 10.1. The average molecular weight is 344 g/mol. The van der Waals surface area contributed by atoms with Gasteiger partial charge in [-0.1, -0.05) is 12.1 Å². The van der Waals surface area contributed by atoms with E-state index in [4.69, 9.17) is 0 Å². The van der Waals surface area contributed by atoms with Crippen LogP contribution in [0.3, 0.4) is 0 Å². The molecule has 26 heavy (non-hydrogen) atoms. The normalized spacial score (nSPS) is 11.0. The fourth-order valence-electron chi connectivity index (χ4n) is 3.05. The molecule has 130 valence electrons. The highest BCUT2D eigenvalue weighted by Gasteiger charge is 2.08. The SMILES string of the molecule is Cc1cc(C)n(-c2cccc(Cc3ccnc(-c4cc(C)[nH]n4)n3)c2)n1. The first-order valence-electron chi connectivity index (χ1n) is 8.55. The number of rotatable bonds is 4. The van der Waals surface area contributed by atoms with Gasteiger partial charge in [0.2, 0.25) is 0 Å². The summed E-state index contributed by atoms with van der Waals surface area (Å²) in [6.07, 6.45) is 2.51. The van der Waals surface area contributed by atoms with Crippen LogP contribution in [0, 0.1) is 20.8 Å². The van der Waals surface area contributed by atoms with Crippen LogP contribution in [-0.2, 0) is 6.42 Å². The molecular formula is C20H20N6. The lowest BCUT2D eigenvalue weighted by Crippen LogP contribution is -2.01. The second-order valence-corrected chi connectivity index (χ2v) is 6.49. The number of H-pyrrole nitrogens is 1. The molecule has 0 saturated carbocycles. The van der Waals surface area contributed by atoms with Crippen molar-refractivity contribution in [3.63, 3.8) is 0 Å². The van der Waals surface area contributed by atoms with Crippen molar-refractivity contribution in [2.75, 3.05) is 0 Å². The molecule has 0 aliphatic carbocycles. The van der Waals surface area contributed by atoms with Crippen molar-refractivity contribution in [1.82, 2.24) is 29.9 Å². The van der Waals surface area contributed by atoms with Gasteiger partial charge in [-0.3, -0.25) is 5.10 Å². The van der Waals surface area contributed by atoms with Crippen LogP contribution in [0.25, 0.3) is 17.2 Å². The van der Waals surface area contributed by atoms with Gasteiger partial charge in [0.25, 0.3) is 0 Å². The van der Waals surface area contributed by atoms with Crippen LogP contribution in [0.2, 0.25) is 0 Å². The van der Waals surface area contributed by atoms with E-state index in [0.29, 0.717) is 5.82 Å². The van der Waals surface area contributed by atoms with Crippen molar-refractivity contribution in [1.29, 1.82) is 0 Å². The highest BCUT2D eigenvalue weighted by Crippen LogP contribution is 2.17. The lowest BCUT2D eigenvalue weighted by Gasteiger charge is -2.08. The molecule has 0 unspecified atom stereocenters. The van der Waals surface area contributed by atoms with E-state index in [1.54, 1.807) is 6.20 Å². The van der Waals surface area contributed by atoms with Crippen LogP contribution in [0.1, 0.15) is 28.3 Å². The van der Waals surface area contributed by atoms with Crippen LogP contribution < -0.4 is 0 Å². The molecule has 1 aromatic carbocycles. The first-order valence-corrected chi connectivity index (χ1v) is 8.55. The number of nitrogens with one attached hydrogen (secondary N) is 1. The number of hydrogen-bond acceptors (Lipinski definition) is 4. The van der Waals surface area contributed by atoms with E-state index in [0.717, 1.165) is 40.6 Å². The largest absolute Gasteiger partial charge is 0.282 e. The maximum Gasteiger partial charge on any atom is 0.180 e. The minimum atomic E-state index is 0.640. The van der Waals surface area contributed by atoms with Crippen LogP contribution in [0.15, 0.2) is 48.7 Å². The number of benzene rings is 1. The lowest BCUT2D eigenvalue weighted by molar-refractivity contribution is 0.831. The maximum atomic E-state index is 4.66. The summed E-state index contributed by atoms with van der Waals surface area (Å²) >= 11 is 0. The van der Waals surface area contributed by atoms with Gasteiger partial charge in [-0.25, -0.2) is 14.6 Å². The Kier molecular flexibility index (Phi) is 4.08. The zero-order chi connectivity index (χ0) is 18.1. The summed E-state index contributed by atoms with van der Waals surface area (Å²) in [4.78, 5) is 9.00. The molecule has 6 nitrogen and oxygen atoms in total. The molecule has 0 saturated heterocycles. The molecule has 1 N–H and O–H groups in total. The first kappa shape index (κ1) is 16.2. The molecule has 0 radical (unpaired) electrons. The molecule has 0 amide bonds. The molecule has 0 spiro atoms. The van der Waals surface area contributed by atoms with Gasteiger partial charge in [-0.2, -0.15) is 10.2 Å². The van der Waals surface area contributed by atoms with Gasteiger partial charge in [0.05, 0.1) is 11.4 Å². The molecular weight excluding hydrogens is 324 g/mol. The number of aryl methyl sites for hydroxylation is 3. The van der Waals surface area contributed by atoms with Crippen molar-refractivity contribution in [2.45, 2.75) is 27.2 Å². The van der Waals surface area contributed by atoms with Gasteiger partial charge in [0.1, 0.15) is 5.69 Å². The summed E-state index contributed by atoms with van der Waals surface area (Å²) in [6, 6.07) is 14.4. The average Bonchev–Trinajstić information content (AvgIpc) is 3.20. The van der Waals surface area contributed by atoms with Crippen molar-refractivity contribution in [3.8, 4) is 17.2 Å². The van der Waals surface area contributed by atoms with E-state index in [9.17, 15) is 0 Å². The van der Waals surface area contributed by atoms with Crippen molar-refractivity contribution in [3.05, 3.63) is 77.0 Å². The molecule has 0 aliphatic rings. The van der Waals surface area contributed by atoms with Gasteiger partial charge in [0.15, 0.2) is 5.82 Å². The molecule has 3 heterocycles. The van der Waals surface area contributed by atoms with Crippen LogP contribution >= 0.6 is 0 Å². The molecule has 0 aliphatic heterocycles. The minimum absolute atomic E-state index is 0.640. The molecule has 4 rings (SSSR count). The van der Waals surface area contributed by atoms with Gasteiger partial charge in [-0.15, -0.1) is 0 Å². The minimum Gasteiger partial charge on any atom is -0.282 e. The Labute approximate surface area is 152 Å². The summed E-state index contributed by atoms with van der Waals surface area (Å²) in [7, 11) is 0. The summed E-state index contributed by atoms with van der Waals surface area (Å²) in [5.41, 5.74) is 7.09. The Morgan fingerprint density at radius 1 is 1.04 bits per heavy atom. The van der Waals surface area contributed by atoms with Crippen molar-refractivity contribution in [2.24, 2.45) is 0 Å². The van der Waals surface area contributed by atoms with E-state index in [-0.39, 0.29) is 0 Å². The zero-order valence-corrected chi connectivity index (χ0v) is 15.1. The topological polar surface area (TPSA) is 72.3 Å². The first-order chi connectivity index (χ1) is 12.6. The molecule has 3 aromatic heterocycles. The summed E-state index contributed by atoms with van der Waals surface area (Å²) in [6.45, 7) is 6.03. The van der Waals surface area contributed by atoms with E-state index in [1.807, 2.05) is 30.7 Å². The number of aromatic amines is 1. The number of nitrogens with zero attached hydrogens (tertiary/aromatic N) is 5. The third-order valence-corrected chi connectivity index (χ3v) is 4.20. The standard InChI is InChI=1S/C20H20N6/c1-13-10-19(24-23-13)20-21-8-7-17(22-20)11-16-5-4-6-18(12-16)26-15(3)9-14(2)25-26/h4-10,12H,11H2,1-3H3,(H,23,24). The Hall–Kier alpha value is -3.28. The van der Waals surface area contributed by atoms with Gasteiger partial charge < -0.3 is 0 Å². The van der Waals surface area contributed by atoms with E-state index < -0.39 is 0 Å². The van der Waals surface area contributed by atoms with Crippen molar-refractivity contribution < 1.29 is 0 Å². The second kappa shape index (κ2) is 6.55. The Morgan fingerprint density at radius 2 is 1.92 bits per heavy atom. The number of hydrogen-bond donors (Lipinski definition) is 1. The Morgan fingerprint density at radius 3 is 2.65 bits per heavy atom. The molecule has 4 aromatic rings. The maximum absolute atomic E-state index is 4.66. The summed E-state index contributed by atoms with van der Waals surface area (Å²) < 4.78 is 1.97. The highest BCUT2D eigenvalue weighted by molar-refractivity contribution is 5.49. The Balaban J connectivity index is 1.62. The fourth-order valence-corrected chi connectivity index (χ4v) is 3.05. The van der Waals surface area contributed by atoms with Gasteiger partial charge >= 0.3 is 0 Å². The smallest absolute Gasteiger partial charge is 0.180 e. The van der Waals surface area contributed by atoms with Crippen LogP contribution in [-0.4, -0.2) is 29.9 Å². The Bertz CT molecular complexity index is 1060. The third-order valence-electron chi connectivity index (χ3n) is 4.20. The van der Waals surface area contributed by atoms with Gasteiger partial charge in [-0.05, 0) is 56.7 Å². The molecule has 6 heteroatoms. The predicted octanol–water partition coefficient (Wildman–Crippen LogP) is 3.57. The van der Waals surface area contributed by atoms with E-state index in [1.165, 1.54) is 5.56 Å². The molecule has 0 bridgehead atoms. The van der Waals surface area contributed by atoms with Gasteiger partial charge in [0, 0.05) is 29.7 Å². The quantitative estimate of drug-likeness (QED) is 0.614. The highest BCUT2D eigenvalue weighted by atomic mass is 15.3. The molecule has 0 fully saturated rings. The zero-order valence-electron chi connectivity index (χ0n) is 15.1. The summed E-state index contributed by atoms with van der Waals surface area (Å²) in [5, 5.41) is 11.7. The van der Waals surface area contributed by atoms with E-state index >= 15 is 0 Å². The predicted molar refractivity (Wildman–Crippen MR) is 100 cm³/mol. The van der Waals surface area contributed by atoms with Crippen LogP contribution in [0.4, 0.5) is 0 Å². The monoisotopic (exact) mass is 344 g/mol. The van der Waals surface area contributed by atoms with Crippen molar-refractivity contribution >= 4 is 0 Å². The molecule has 0 atom stereocenters. The third kappa shape index (κ3) is 3.26. The summed E-state index contributed by atoms with van der Waals surface area (Å²) in [5.74, 6) is 0.640.